The van der Waals surface area contributed by atoms with Gasteiger partial charge < -0.3 is 28.8 Å². The normalized spacial score (nSPS) is 39.1. The van der Waals surface area contributed by atoms with E-state index in [1.165, 1.54) is 26.2 Å². The van der Waals surface area contributed by atoms with E-state index in [4.69, 9.17) is 23.7 Å². The second kappa shape index (κ2) is 11.5. The highest BCUT2D eigenvalue weighted by molar-refractivity contribution is 5.96. The minimum atomic E-state index is -1.51. The molecule has 1 N–H and O–H groups in total. The molecule has 1 saturated heterocycles. The molecule has 1 aromatic carbocycles. The van der Waals surface area contributed by atoms with Crippen molar-refractivity contribution in [1.82, 2.24) is 0 Å². The van der Waals surface area contributed by atoms with Crippen molar-refractivity contribution in [2.24, 2.45) is 34.0 Å². The Kier molecular flexibility index (Phi) is 8.11. The molecule has 1 spiro atoms. The molecule has 11 heteroatoms. The number of benzene rings is 1. The number of allylic oxidation sites excluding steroid dienone is 2. The van der Waals surface area contributed by atoms with Crippen molar-refractivity contribution in [3.05, 3.63) is 71.8 Å². The number of rotatable bonds is 8. The first-order valence-corrected chi connectivity index (χ1v) is 16.2. The van der Waals surface area contributed by atoms with Crippen molar-refractivity contribution in [3.8, 4) is 0 Å². The number of hydrogen-bond acceptors (Lipinski definition) is 11. The van der Waals surface area contributed by atoms with Gasteiger partial charge in [0.2, 0.25) is 6.29 Å². The number of aliphatic hydroxyl groups excluding tert-OH is 1. The summed E-state index contributed by atoms with van der Waals surface area (Å²) in [6.45, 7) is 13.1. The summed E-state index contributed by atoms with van der Waals surface area (Å²) in [5, 5.41) is 10.8. The van der Waals surface area contributed by atoms with Crippen LogP contribution in [-0.4, -0.2) is 72.1 Å². The molecular weight excluding hydrogens is 620 g/mol. The molecule has 0 aromatic heterocycles. The number of aliphatic hydroxyl groups is 1. The quantitative estimate of drug-likeness (QED) is 0.188. The van der Waals surface area contributed by atoms with Crippen LogP contribution in [0.25, 0.3) is 0 Å². The van der Waals surface area contributed by atoms with Gasteiger partial charge in [0.15, 0.2) is 5.78 Å². The van der Waals surface area contributed by atoms with E-state index in [1.54, 1.807) is 32.1 Å². The minimum absolute atomic E-state index is 0.0790. The fourth-order valence-corrected chi connectivity index (χ4v) is 9.52. The summed E-state index contributed by atoms with van der Waals surface area (Å²) in [6, 6.07) is 9.04. The lowest BCUT2D eigenvalue weighted by molar-refractivity contribution is -0.211. The topological polar surface area (TPSA) is 155 Å². The number of cyclic esters (lactones) is 1. The zero-order valence-corrected chi connectivity index (χ0v) is 28.0. The molecule has 48 heavy (non-hydrogen) atoms. The molecule has 0 amide bonds. The number of hydrogen-bond donors (Lipinski definition) is 1. The summed E-state index contributed by atoms with van der Waals surface area (Å²) >= 11 is 0. The van der Waals surface area contributed by atoms with Crippen LogP contribution < -0.4 is 0 Å². The van der Waals surface area contributed by atoms with Crippen LogP contribution in [0.1, 0.15) is 53.0 Å². The van der Waals surface area contributed by atoms with Gasteiger partial charge in [-0.3, -0.25) is 19.2 Å². The average molecular weight is 663 g/mol. The molecular formula is C37H42O11. The van der Waals surface area contributed by atoms with Crippen LogP contribution in [0.4, 0.5) is 0 Å². The molecule has 1 aromatic rings. The highest BCUT2D eigenvalue weighted by Crippen LogP contribution is 2.76. The number of carbonyl (C=O) groups is 5. The molecule has 10 atom stereocenters. The Morgan fingerprint density at radius 2 is 1.73 bits per heavy atom. The van der Waals surface area contributed by atoms with Gasteiger partial charge in [-0.25, -0.2) is 4.79 Å². The monoisotopic (exact) mass is 662 g/mol. The summed E-state index contributed by atoms with van der Waals surface area (Å²) in [5.74, 6) is -4.70. The van der Waals surface area contributed by atoms with Crippen molar-refractivity contribution in [1.29, 1.82) is 0 Å². The first-order chi connectivity index (χ1) is 22.5. The lowest BCUT2D eigenvalue weighted by Gasteiger charge is -2.59. The fourth-order valence-electron chi connectivity index (χ4n) is 9.52. The molecule has 2 aliphatic heterocycles. The number of ketones is 1. The van der Waals surface area contributed by atoms with E-state index in [2.05, 4.69) is 6.58 Å². The summed E-state index contributed by atoms with van der Waals surface area (Å²) < 4.78 is 29.3. The molecule has 6 rings (SSSR count). The Morgan fingerprint density at radius 1 is 1.04 bits per heavy atom. The summed E-state index contributed by atoms with van der Waals surface area (Å²) in [5.41, 5.74) is -2.88. The van der Waals surface area contributed by atoms with Gasteiger partial charge in [-0.05, 0) is 29.6 Å². The summed E-state index contributed by atoms with van der Waals surface area (Å²) in [4.78, 5) is 65.4. The number of epoxide rings is 1. The number of ether oxygens (including phenoxy) is 5. The number of carbonyl (C=O) groups excluding carboxylic acids is 5. The molecule has 2 saturated carbocycles. The largest absolute Gasteiger partial charge is 0.469 e. The van der Waals surface area contributed by atoms with E-state index in [9.17, 15) is 29.1 Å². The lowest BCUT2D eigenvalue weighted by Crippen LogP contribution is -2.67. The highest BCUT2D eigenvalue weighted by Gasteiger charge is 2.84. The van der Waals surface area contributed by atoms with Crippen LogP contribution >= 0.6 is 0 Å². The third-order valence-corrected chi connectivity index (χ3v) is 11.8. The maximum Gasteiger partial charge on any atom is 0.333 e. The Bertz CT molecular complexity index is 1640. The first kappa shape index (κ1) is 33.8. The second-order valence-electron chi connectivity index (χ2n) is 14.6. The van der Waals surface area contributed by atoms with E-state index >= 15 is 0 Å². The first-order valence-electron chi connectivity index (χ1n) is 16.2. The molecule has 3 fully saturated rings. The lowest BCUT2D eigenvalue weighted by atomic mass is 9.46. The van der Waals surface area contributed by atoms with E-state index in [0.29, 0.717) is 23.1 Å². The van der Waals surface area contributed by atoms with E-state index in [-0.39, 0.29) is 18.6 Å². The van der Waals surface area contributed by atoms with Crippen LogP contribution in [0.2, 0.25) is 0 Å². The number of methoxy groups -OCH3 is 1. The van der Waals surface area contributed by atoms with Gasteiger partial charge in [0, 0.05) is 41.2 Å². The predicted octanol–water partition coefficient (Wildman–Crippen LogP) is 3.57. The second-order valence-corrected chi connectivity index (χ2v) is 14.6. The Labute approximate surface area is 279 Å². The third-order valence-electron chi connectivity index (χ3n) is 11.8. The van der Waals surface area contributed by atoms with Crippen molar-refractivity contribution < 1.29 is 52.8 Å². The predicted molar refractivity (Wildman–Crippen MR) is 168 cm³/mol. The zero-order chi connectivity index (χ0) is 35.0. The molecule has 3 aliphatic carbocycles. The van der Waals surface area contributed by atoms with Gasteiger partial charge in [-0.1, -0.05) is 70.7 Å². The minimum Gasteiger partial charge on any atom is -0.469 e. The van der Waals surface area contributed by atoms with Gasteiger partial charge in [0.25, 0.3) is 0 Å². The van der Waals surface area contributed by atoms with Crippen LogP contribution in [0.5, 0.6) is 0 Å². The van der Waals surface area contributed by atoms with Crippen LogP contribution in [-0.2, 0) is 54.1 Å². The SMILES string of the molecule is C=C1[C@@H]([C@@]2(C)C=CC(=O)C(C)(C)[C@@H]2CC(=O)OC)[C@@H](OC(C)=O)[C@H](OC(=O)Cc2ccccc2)[C@@]2(C)[C@H](C3=CC(=O)OC3O)C[C@H]3O[C@]132. The molecule has 256 valence electrons. The Balaban J connectivity index is 1.54. The molecule has 2 heterocycles. The van der Waals surface area contributed by atoms with Crippen molar-refractivity contribution >= 4 is 29.7 Å². The van der Waals surface area contributed by atoms with E-state index in [1.807, 2.05) is 32.0 Å². The smallest absolute Gasteiger partial charge is 0.333 e. The van der Waals surface area contributed by atoms with Gasteiger partial charge in [-0.2, -0.15) is 0 Å². The summed E-state index contributed by atoms with van der Waals surface area (Å²) in [7, 11) is 1.28. The average Bonchev–Trinajstić information content (AvgIpc) is 3.57. The van der Waals surface area contributed by atoms with Crippen molar-refractivity contribution in [3.63, 3.8) is 0 Å². The number of esters is 4. The summed E-state index contributed by atoms with van der Waals surface area (Å²) in [6.07, 6.45) is 0.302. The van der Waals surface area contributed by atoms with Crippen LogP contribution in [0, 0.1) is 34.0 Å². The fraction of sp³-hybridized carbons (Fsp3) is 0.541. The molecule has 11 nitrogen and oxygen atoms in total. The molecule has 1 unspecified atom stereocenters. The van der Waals surface area contributed by atoms with Gasteiger partial charge >= 0.3 is 23.9 Å². The van der Waals surface area contributed by atoms with Gasteiger partial charge in [0.1, 0.15) is 17.8 Å². The van der Waals surface area contributed by atoms with Crippen LogP contribution in [0.15, 0.2) is 66.3 Å². The van der Waals surface area contributed by atoms with Crippen molar-refractivity contribution in [2.45, 2.75) is 84.1 Å². The van der Waals surface area contributed by atoms with Gasteiger partial charge in [-0.15, -0.1) is 0 Å². The maximum atomic E-state index is 13.9. The molecule has 5 aliphatic rings. The molecule has 0 bridgehead atoms. The highest BCUT2D eigenvalue weighted by atomic mass is 16.6. The maximum absolute atomic E-state index is 13.9. The zero-order valence-electron chi connectivity index (χ0n) is 28.0. The third kappa shape index (κ3) is 4.88. The standard InChI is InChI=1S/C37H42O11/c1-19-30(35(5)14-13-25(39)34(3,4)24(35)18-27(40)44-7)31(45-20(2)38)32(46-28(41)15-21-11-9-8-10-12-21)36(6)23(17-26-37(19,36)48-26)22-16-29(42)47-33(22)43/h8-14,16,23-24,26,30-33,43H,1,15,17-18H2,2-7H3/t23-,24-,26+,30+,31+,32-,33?,35-,36+,37+/m0/s1. The molecule has 0 radical (unpaired) electrons. The van der Waals surface area contributed by atoms with E-state index < -0.39 is 88.1 Å². The van der Waals surface area contributed by atoms with Crippen LogP contribution in [0.3, 0.4) is 0 Å². The van der Waals surface area contributed by atoms with E-state index in [0.717, 1.165) is 0 Å². The van der Waals surface area contributed by atoms with Gasteiger partial charge in [0.05, 0.1) is 31.5 Å². The van der Waals surface area contributed by atoms with Crippen molar-refractivity contribution in [2.75, 3.05) is 7.11 Å². The Morgan fingerprint density at radius 3 is 2.33 bits per heavy atom. The Hall–Kier alpha value is -4.09.